The van der Waals surface area contributed by atoms with Crippen LogP contribution in [0.4, 0.5) is 0 Å². The third kappa shape index (κ3) is 3.99. The van der Waals surface area contributed by atoms with Gasteiger partial charge in [-0.2, -0.15) is 17.0 Å². The summed E-state index contributed by atoms with van der Waals surface area (Å²) in [6.45, 7) is 1.72. The fourth-order valence-electron chi connectivity index (χ4n) is 2.37. The van der Waals surface area contributed by atoms with Crippen molar-refractivity contribution in [1.82, 2.24) is 4.90 Å². The molecule has 0 aromatic heterocycles. The number of carbonyl (C=O) groups excluding carboxylic acids is 1. The number of nitriles is 1. The van der Waals surface area contributed by atoms with Gasteiger partial charge in [0.25, 0.3) is 0 Å². The molecule has 1 saturated heterocycles. The summed E-state index contributed by atoms with van der Waals surface area (Å²) in [5.41, 5.74) is 7.28. The molecule has 20 heavy (non-hydrogen) atoms. The highest BCUT2D eigenvalue weighted by atomic mass is 32.2. The quantitative estimate of drug-likeness (QED) is 0.916. The zero-order chi connectivity index (χ0) is 14.4. The number of thioether (sulfide) groups is 1. The summed E-state index contributed by atoms with van der Waals surface area (Å²) in [6.07, 6.45) is 2.18. The first-order valence-electron chi connectivity index (χ1n) is 6.81. The monoisotopic (exact) mass is 289 g/mol. The molecule has 0 saturated carbocycles. The molecule has 106 valence electrons. The van der Waals surface area contributed by atoms with E-state index in [1.807, 2.05) is 40.9 Å². The first kappa shape index (κ1) is 14.9. The summed E-state index contributed by atoms with van der Waals surface area (Å²) in [7, 11) is 0. The minimum Gasteiger partial charge on any atom is -0.340 e. The van der Waals surface area contributed by atoms with Crippen LogP contribution in [0.15, 0.2) is 24.3 Å². The molecule has 4 nitrogen and oxygen atoms in total. The highest BCUT2D eigenvalue weighted by molar-refractivity contribution is 7.99. The number of hydrogen-bond donors (Lipinski definition) is 1. The van der Waals surface area contributed by atoms with E-state index in [1.165, 1.54) is 0 Å². The standard InChI is InChI=1S/C15H19N3OS/c16-8-12-3-1-4-13(7-12)11-20-14-5-2-6-18(10-14)15(19)9-17/h1,3-4,7,14H,2,5-6,9-11,17H2. The van der Waals surface area contributed by atoms with E-state index in [4.69, 9.17) is 11.0 Å². The van der Waals surface area contributed by atoms with E-state index in [0.717, 1.165) is 37.2 Å². The molecule has 1 aliphatic rings. The number of amides is 1. The maximum absolute atomic E-state index is 11.6. The lowest BCUT2D eigenvalue weighted by Crippen LogP contribution is -2.43. The van der Waals surface area contributed by atoms with Crippen LogP contribution in [0.5, 0.6) is 0 Å². The molecule has 5 heteroatoms. The van der Waals surface area contributed by atoms with Crippen molar-refractivity contribution in [2.75, 3.05) is 19.6 Å². The number of hydrogen-bond acceptors (Lipinski definition) is 4. The minimum atomic E-state index is 0.0433. The van der Waals surface area contributed by atoms with Crippen LogP contribution in [0.2, 0.25) is 0 Å². The van der Waals surface area contributed by atoms with E-state index >= 15 is 0 Å². The summed E-state index contributed by atoms with van der Waals surface area (Å²) in [5.74, 6) is 0.923. The summed E-state index contributed by atoms with van der Waals surface area (Å²) >= 11 is 1.86. The highest BCUT2D eigenvalue weighted by Gasteiger charge is 2.22. The van der Waals surface area contributed by atoms with Crippen LogP contribution in [-0.2, 0) is 10.5 Å². The van der Waals surface area contributed by atoms with Crippen LogP contribution < -0.4 is 5.73 Å². The summed E-state index contributed by atoms with van der Waals surface area (Å²) in [5, 5.41) is 9.35. The predicted molar refractivity (Wildman–Crippen MR) is 81.1 cm³/mol. The molecule has 2 rings (SSSR count). The SMILES string of the molecule is N#Cc1cccc(CSC2CCCN(C(=O)CN)C2)c1. The zero-order valence-electron chi connectivity index (χ0n) is 11.4. The second kappa shape index (κ2) is 7.32. The van der Waals surface area contributed by atoms with Crippen LogP contribution in [0, 0.1) is 11.3 Å². The highest BCUT2D eigenvalue weighted by Crippen LogP contribution is 2.26. The van der Waals surface area contributed by atoms with Crippen molar-refractivity contribution in [3.05, 3.63) is 35.4 Å². The Balaban J connectivity index is 1.87. The van der Waals surface area contributed by atoms with E-state index in [2.05, 4.69) is 6.07 Å². The fourth-order valence-corrected chi connectivity index (χ4v) is 3.60. The van der Waals surface area contributed by atoms with Gasteiger partial charge in [0.2, 0.25) is 5.91 Å². The molecular formula is C15H19N3OS. The Morgan fingerprint density at radius 2 is 2.40 bits per heavy atom. The summed E-state index contributed by atoms with van der Waals surface area (Å²) < 4.78 is 0. The van der Waals surface area contributed by atoms with E-state index in [-0.39, 0.29) is 12.5 Å². The van der Waals surface area contributed by atoms with Gasteiger partial charge in [-0.05, 0) is 30.5 Å². The Bertz CT molecular complexity index is 512. The van der Waals surface area contributed by atoms with Gasteiger partial charge in [-0.1, -0.05) is 12.1 Å². The van der Waals surface area contributed by atoms with Gasteiger partial charge in [0.05, 0.1) is 18.2 Å². The van der Waals surface area contributed by atoms with E-state index in [1.54, 1.807) is 0 Å². The van der Waals surface area contributed by atoms with Crippen molar-refractivity contribution in [3.8, 4) is 6.07 Å². The largest absolute Gasteiger partial charge is 0.340 e. The van der Waals surface area contributed by atoms with Gasteiger partial charge in [0.1, 0.15) is 0 Å². The van der Waals surface area contributed by atoms with Crippen molar-refractivity contribution in [3.63, 3.8) is 0 Å². The topological polar surface area (TPSA) is 70.1 Å². The van der Waals surface area contributed by atoms with Crippen LogP contribution in [-0.4, -0.2) is 35.7 Å². The molecule has 1 atom stereocenters. The van der Waals surface area contributed by atoms with Gasteiger partial charge in [0, 0.05) is 24.1 Å². The van der Waals surface area contributed by atoms with Gasteiger partial charge in [0.15, 0.2) is 0 Å². The number of nitrogens with two attached hydrogens (primary N) is 1. The van der Waals surface area contributed by atoms with Crippen molar-refractivity contribution >= 4 is 17.7 Å². The van der Waals surface area contributed by atoms with Crippen LogP contribution in [0.25, 0.3) is 0 Å². The number of benzene rings is 1. The number of nitrogens with zero attached hydrogens (tertiary/aromatic N) is 2. The van der Waals surface area contributed by atoms with Gasteiger partial charge in [-0.3, -0.25) is 4.79 Å². The molecule has 1 aromatic carbocycles. The van der Waals surface area contributed by atoms with Crippen molar-refractivity contribution in [2.24, 2.45) is 5.73 Å². The van der Waals surface area contributed by atoms with Crippen LogP contribution >= 0.6 is 11.8 Å². The molecule has 1 aromatic rings. The molecule has 1 amide bonds. The predicted octanol–water partition coefficient (Wildman–Crippen LogP) is 1.74. The molecular weight excluding hydrogens is 270 g/mol. The molecule has 0 aliphatic carbocycles. The number of likely N-dealkylation sites (tertiary alicyclic amines) is 1. The summed E-state index contributed by atoms with van der Waals surface area (Å²) in [4.78, 5) is 13.5. The Morgan fingerprint density at radius 3 is 3.15 bits per heavy atom. The molecule has 0 bridgehead atoms. The minimum absolute atomic E-state index is 0.0433. The molecule has 0 spiro atoms. The number of piperidine rings is 1. The average Bonchev–Trinajstić information content (AvgIpc) is 2.52. The lowest BCUT2D eigenvalue weighted by atomic mass is 10.1. The van der Waals surface area contributed by atoms with E-state index < -0.39 is 0 Å². The molecule has 1 unspecified atom stereocenters. The smallest absolute Gasteiger partial charge is 0.236 e. The van der Waals surface area contributed by atoms with Crippen molar-refractivity contribution < 1.29 is 4.79 Å². The Kier molecular flexibility index (Phi) is 5.45. The third-order valence-electron chi connectivity index (χ3n) is 3.45. The van der Waals surface area contributed by atoms with Crippen LogP contribution in [0.1, 0.15) is 24.0 Å². The van der Waals surface area contributed by atoms with E-state index in [0.29, 0.717) is 10.8 Å². The Labute approximate surface area is 123 Å². The Morgan fingerprint density at radius 1 is 1.55 bits per heavy atom. The number of carbonyl (C=O) groups is 1. The van der Waals surface area contributed by atoms with Crippen molar-refractivity contribution in [2.45, 2.75) is 23.8 Å². The third-order valence-corrected chi connectivity index (χ3v) is 4.80. The normalized spacial score (nSPS) is 18.6. The first-order chi connectivity index (χ1) is 9.72. The van der Waals surface area contributed by atoms with Gasteiger partial charge < -0.3 is 10.6 Å². The lowest BCUT2D eigenvalue weighted by molar-refractivity contribution is -0.130. The maximum atomic E-state index is 11.6. The van der Waals surface area contributed by atoms with Gasteiger partial charge in [-0.25, -0.2) is 0 Å². The van der Waals surface area contributed by atoms with Gasteiger partial charge >= 0.3 is 0 Å². The van der Waals surface area contributed by atoms with Crippen LogP contribution in [0.3, 0.4) is 0 Å². The maximum Gasteiger partial charge on any atom is 0.236 e. The first-order valence-corrected chi connectivity index (χ1v) is 7.86. The molecule has 1 fully saturated rings. The van der Waals surface area contributed by atoms with Gasteiger partial charge in [-0.15, -0.1) is 0 Å². The molecule has 2 N–H and O–H groups in total. The average molecular weight is 289 g/mol. The lowest BCUT2D eigenvalue weighted by Gasteiger charge is -2.32. The molecule has 1 heterocycles. The molecule has 1 aliphatic heterocycles. The second-order valence-electron chi connectivity index (χ2n) is 4.93. The van der Waals surface area contributed by atoms with Crippen molar-refractivity contribution in [1.29, 1.82) is 5.26 Å². The van der Waals surface area contributed by atoms with E-state index in [9.17, 15) is 4.79 Å². The fraction of sp³-hybridized carbons (Fsp3) is 0.467. The second-order valence-corrected chi connectivity index (χ2v) is 6.22. The Hall–Kier alpha value is -1.51. The summed E-state index contributed by atoms with van der Waals surface area (Å²) in [6, 6.07) is 9.86. The molecule has 0 radical (unpaired) electrons. The number of rotatable bonds is 4. The zero-order valence-corrected chi connectivity index (χ0v) is 12.2.